The van der Waals surface area contributed by atoms with Crippen molar-refractivity contribution in [3.8, 4) is 0 Å². The summed E-state index contributed by atoms with van der Waals surface area (Å²) in [6, 6.07) is 0. The van der Waals surface area contributed by atoms with E-state index in [2.05, 4.69) is 18.5 Å². The van der Waals surface area contributed by atoms with Gasteiger partial charge < -0.3 is 4.90 Å². The van der Waals surface area contributed by atoms with Crippen LogP contribution < -0.4 is 0 Å². The first kappa shape index (κ1) is 15.2. The molecule has 1 heterocycles. The van der Waals surface area contributed by atoms with Crippen LogP contribution in [-0.4, -0.2) is 25.0 Å². The van der Waals surface area contributed by atoms with Gasteiger partial charge in [-0.1, -0.05) is 25.8 Å². The average molecular weight is 185 g/mol. The first-order valence-electron chi connectivity index (χ1n) is 5.43. The Bertz CT molecular complexity index is 97.7. The maximum atomic E-state index is 3.56. The topological polar surface area (TPSA) is 3.24 Å². The van der Waals surface area contributed by atoms with Crippen molar-refractivity contribution in [2.45, 2.75) is 47.0 Å². The van der Waals surface area contributed by atoms with Crippen LogP contribution in [0.4, 0.5) is 0 Å². The van der Waals surface area contributed by atoms with Crippen LogP contribution in [0.3, 0.4) is 0 Å². The Morgan fingerprint density at radius 3 is 1.46 bits per heavy atom. The normalized spacial score (nSPS) is 16.1. The molecule has 0 saturated carbocycles. The lowest BCUT2D eigenvalue weighted by molar-refractivity contribution is 0.277. The van der Waals surface area contributed by atoms with Crippen LogP contribution in [0.25, 0.3) is 0 Å². The third-order valence-electron chi connectivity index (χ3n) is 1.58. The number of hydrogen-bond donors (Lipinski definition) is 0. The molecule has 1 aliphatic heterocycles. The predicted molar refractivity (Wildman–Crippen MR) is 63.2 cm³/mol. The first-order chi connectivity index (χ1) is 6.13. The molecule has 0 radical (unpaired) electrons. The standard InChI is InChI=1S/C6H13N.C4H8.C2H6/c1-7-5-3-2-4-6-7;1-4(2)3;1-2/h2-6H2,1H3;1H2,2-3H3;1-2H3. The summed E-state index contributed by atoms with van der Waals surface area (Å²) in [7, 11) is 2.19. The largest absolute Gasteiger partial charge is 0.306 e. The van der Waals surface area contributed by atoms with E-state index in [0.717, 1.165) is 0 Å². The lowest BCUT2D eigenvalue weighted by Crippen LogP contribution is -2.24. The molecule has 0 amide bonds. The van der Waals surface area contributed by atoms with Gasteiger partial charge in [0.25, 0.3) is 0 Å². The van der Waals surface area contributed by atoms with Crippen molar-refractivity contribution < 1.29 is 0 Å². The van der Waals surface area contributed by atoms with Gasteiger partial charge in [0.15, 0.2) is 0 Å². The van der Waals surface area contributed by atoms with E-state index in [0.29, 0.717) is 0 Å². The van der Waals surface area contributed by atoms with Crippen LogP contribution in [0.15, 0.2) is 12.2 Å². The third kappa shape index (κ3) is 18.6. The Kier molecular flexibility index (Phi) is 13.7. The average Bonchev–Trinajstić information content (AvgIpc) is 2.08. The van der Waals surface area contributed by atoms with Crippen LogP contribution >= 0.6 is 0 Å². The van der Waals surface area contributed by atoms with E-state index >= 15 is 0 Å². The lowest BCUT2D eigenvalue weighted by Gasteiger charge is -2.20. The van der Waals surface area contributed by atoms with E-state index in [1.165, 1.54) is 37.9 Å². The minimum atomic E-state index is 1.17. The minimum absolute atomic E-state index is 1.17. The van der Waals surface area contributed by atoms with Crippen molar-refractivity contribution in [3.05, 3.63) is 12.2 Å². The fourth-order valence-corrected chi connectivity index (χ4v) is 1.05. The smallest absolute Gasteiger partial charge is 0.00218 e. The summed E-state index contributed by atoms with van der Waals surface area (Å²) in [5, 5.41) is 0. The summed E-state index contributed by atoms with van der Waals surface area (Å²) < 4.78 is 0. The van der Waals surface area contributed by atoms with Crippen LogP contribution in [0.2, 0.25) is 0 Å². The monoisotopic (exact) mass is 185 g/mol. The molecule has 0 atom stereocenters. The maximum absolute atomic E-state index is 3.56. The molecule has 0 aliphatic carbocycles. The number of rotatable bonds is 0. The molecule has 0 N–H and O–H groups in total. The molecule has 1 heteroatoms. The van der Waals surface area contributed by atoms with Crippen LogP contribution in [0.1, 0.15) is 47.0 Å². The molecule has 1 fully saturated rings. The van der Waals surface area contributed by atoms with E-state index in [1.54, 1.807) is 0 Å². The second-order valence-corrected chi connectivity index (χ2v) is 3.57. The molecule has 1 saturated heterocycles. The van der Waals surface area contributed by atoms with Gasteiger partial charge in [0, 0.05) is 0 Å². The van der Waals surface area contributed by atoms with Crippen LogP contribution in [0, 0.1) is 0 Å². The summed E-state index contributed by atoms with van der Waals surface area (Å²) in [5.74, 6) is 0. The van der Waals surface area contributed by atoms with Crippen molar-refractivity contribution in [1.82, 2.24) is 4.90 Å². The Hall–Kier alpha value is -0.300. The van der Waals surface area contributed by atoms with Crippen LogP contribution in [-0.2, 0) is 0 Å². The van der Waals surface area contributed by atoms with Crippen molar-refractivity contribution >= 4 is 0 Å². The molecule has 1 nitrogen and oxygen atoms in total. The molecular formula is C12H27N. The highest BCUT2D eigenvalue weighted by atomic mass is 15.1. The Morgan fingerprint density at radius 2 is 1.31 bits per heavy atom. The molecule has 1 aliphatic rings. The van der Waals surface area contributed by atoms with E-state index in [1.807, 2.05) is 27.7 Å². The van der Waals surface area contributed by atoms with Gasteiger partial charge in [-0.25, -0.2) is 0 Å². The molecular weight excluding hydrogens is 158 g/mol. The van der Waals surface area contributed by atoms with Gasteiger partial charge >= 0.3 is 0 Å². The highest BCUT2D eigenvalue weighted by Crippen LogP contribution is 2.04. The van der Waals surface area contributed by atoms with E-state index < -0.39 is 0 Å². The predicted octanol–water partition coefficient (Wildman–Crippen LogP) is 3.71. The third-order valence-corrected chi connectivity index (χ3v) is 1.58. The fraction of sp³-hybridized carbons (Fsp3) is 0.833. The summed E-state index contributed by atoms with van der Waals surface area (Å²) in [4.78, 5) is 2.39. The van der Waals surface area contributed by atoms with Gasteiger partial charge in [0.05, 0.1) is 0 Å². The molecule has 13 heavy (non-hydrogen) atoms. The van der Waals surface area contributed by atoms with E-state index in [4.69, 9.17) is 0 Å². The van der Waals surface area contributed by atoms with Crippen molar-refractivity contribution in [1.29, 1.82) is 0 Å². The molecule has 0 aromatic rings. The number of allylic oxidation sites excluding steroid dienone is 1. The van der Waals surface area contributed by atoms with Crippen molar-refractivity contribution in [2.75, 3.05) is 20.1 Å². The summed E-state index contributed by atoms with van der Waals surface area (Å²) in [5.41, 5.74) is 1.17. The highest BCUT2D eigenvalue weighted by molar-refractivity contribution is 4.78. The lowest BCUT2D eigenvalue weighted by atomic mass is 10.1. The molecule has 0 spiro atoms. The summed E-state index contributed by atoms with van der Waals surface area (Å²) in [6.45, 7) is 14.1. The highest BCUT2D eigenvalue weighted by Gasteiger charge is 2.02. The van der Waals surface area contributed by atoms with Crippen molar-refractivity contribution in [3.63, 3.8) is 0 Å². The van der Waals surface area contributed by atoms with Gasteiger partial charge in [-0.2, -0.15) is 0 Å². The van der Waals surface area contributed by atoms with Crippen molar-refractivity contribution in [2.24, 2.45) is 0 Å². The van der Waals surface area contributed by atoms with E-state index in [9.17, 15) is 0 Å². The second-order valence-electron chi connectivity index (χ2n) is 3.57. The summed E-state index contributed by atoms with van der Waals surface area (Å²) >= 11 is 0. The molecule has 0 aromatic carbocycles. The van der Waals surface area contributed by atoms with Crippen LogP contribution in [0.5, 0.6) is 0 Å². The SMILES string of the molecule is C=C(C)C.CC.CN1CCCCC1. The quantitative estimate of drug-likeness (QED) is 0.520. The molecule has 0 unspecified atom stereocenters. The zero-order chi connectivity index (χ0) is 10.7. The zero-order valence-electron chi connectivity index (χ0n) is 10.2. The second kappa shape index (κ2) is 11.7. The molecule has 0 bridgehead atoms. The number of likely N-dealkylation sites (tertiary alicyclic amines) is 1. The van der Waals surface area contributed by atoms with E-state index in [-0.39, 0.29) is 0 Å². The molecule has 1 rings (SSSR count). The zero-order valence-corrected chi connectivity index (χ0v) is 10.2. The minimum Gasteiger partial charge on any atom is -0.306 e. The van der Waals surface area contributed by atoms with Gasteiger partial charge in [-0.3, -0.25) is 0 Å². The van der Waals surface area contributed by atoms with Gasteiger partial charge in [0.2, 0.25) is 0 Å². The number of nitrogens with zero attached hydrogens (tertiary/aromatic N) is 1. The van der Waals surface area contributed by atoms with Gasteiger partial charge in [-0.05, 0) is 46.8 Å². The number of hydrogen-bond acceptors (Lipinski definition) is 1. The van der Waals surface area contributed by atoms with Gasteiger partial charge in [0.1, 0.15) is 0 Å². The number of piperidine rings is 1. The Labute approximate surface area is 84.8 Å². The Morgan fingerprint density at radius 1 is 1.00 bits per heavy atom. The molecule has 80 valence electrons. The maximum Gasteiger partial charge on any atom is -0.00218 e. The van der Waals surface area contributed by atoms with Gasteiger partial charge in [-0.15, -0.1) is 6.58 Å². The Balaban J connectivity index is 0. The molecule has 0 aromatic heterocycles. The fourth-order valence-electron chi connectivity index (χ4n) is 1.05. The summed E-state index contributed by atoms with van der Waals surface area (Å²) in [6.07, 6.45) is 4.28. The first-order valence-corrected chi connectivity index (χ1v) is 5.43.